The van der Waals surface area contributed by atoms with Crippen LogP contribution in [0.1, 0.15) is 32.3 Å². The fraction of sp³-hybridized carbons (Fsp3) is 0.647. The standard InChI is InChI=1S/C17H28N4O2/c1-4-18-17(21-13(2)11-22-3)20-10-15-7-8-19-16(9-15)23-12-14-5-6-14/h7-9,13-14H,4-6,10-12H2,1-3H3,(H2,18,20,21). The van der Waals surface area contributed by atoms with E-state index in [-0.39, 0.29) is 6.04 Å². The zero-order valence-corrected chi connectivity index (χ0v) is 14.3. The Kier molecular flexibility index (Phi) is 7.13. The van der Waals surface area contributed by atoms with E-state index in [0.717, 1.165) is 30.6 Å². The summed E-state index contributed by atoms with van der Waals surface area (Å²) < 4.78 is 10.9. The molecule has 1 fully saturated rings. The van der Waals surface area contributed by atoms with Crippen LogP contribution >= 0.6 is 0 Å². The Hall–Kier alpha value is -1.82. The molecule has 0 aromatic carbocycles. The first-order valence-corrected chi connectivity index (χ1v) is 8.32. The number of hydrogen-bond donors (Lipinski definition) is 2. The maximum atomic E-state index is 5.71. The summed E-state index contributed by atoms with van der Waals surface area (Å²) in [6.07, 6.45) is 4.34. The van der Waals surface area contributed by atoms with Crippen molar-refractivity contribution in [1.29, 1.82) is 0 Å². The zero-order valence-electron chi connectivity index (χ0n) is 14.3. The quantitative estimate of drug-likeness (QED) is 0.538. The molecule has 1 aromatic heterocycles. The highest BCUT2D eigenvalue weighted by molar-refractivity contribution is 5.80. The fourth-order valence-corrected chi connectivity index (χ4v) is 2.13. The van der Waals surface area contributed by atoms with Crippen molar-refractivity contribution in [3.8, 4) is 5.88 Å². The van der Waals surface area contributed by atoms with Crippen LogP contribution in [0.15, 0.2) is 23.3 Å². The number of methoxy groups -OCH3 is 1. The topological polar surface area (TPSA) is 67.8 Å². The van der Waals surface area contributed by atoms with E-state index in [4.69, 9.17) is 9.47 Å². The third-order valence-corrected chi connectivity index (χ3v) is 3.53. The predicted molar refractivity (Wildman–Crippen MR) is 91.7 cm³/mol. The molecule has 1 heterocycles. The van der Waals surface area contributed by atoms with Gasteiger partial charge in [0.15, 0.2) is 5.96 Å². The van der Waals surface area contributed by atoms with E-state index < -0.39 is 0 Å². The number of pyridine rings is 1. The van der Waals surface area contributed by atoms with Gasteiger partial charge in [-0.25, -0.2) is 9.98 Å². The van der Waals surface area contributed by atoms with E-state index >= 15 is 0 Å². The summed E-state index contributed by atoms with van der Waals surface area (Å²) in [5.74, 6) is 2.20. The molecule has 6 heteroatoms. The van der Waals surface area contributed by atoms with Crippen molar-refractivity contribution in [1.82, 2.24) is 15.6 Å². The van der Waals surface area contributed by atoms with Gasteiger partial charge in [0.05, 0.1) is 19.8 Å². The molecule has 0 bridgehead atoms. The van der Waals surface area contributed by atoms with E-state index in [1.165, 1.54) is 12.8 Å². The molecule has 1 atom stereocenters. The van der Waals surface area contributed by atoms with E-state index in [9.17, 15) is 0 Å². The summed E-state index contributed by atoms with van der Waals surface area (Å²) in [5.41, 5.74) is 1.09. The van der Waals surface area contributed by atoms with Crippen molar-refractivity contribution in [2.24, 2.45) is 10.9 Å². The van der Waals surface area contributed by atoms with Crippen LogP contribution in [-0.2, 0) is 11.3 Å². The lowest BCUT2D eigenvalue weighted by atomic mass is 10.3. The molecular weight excluding hydrogens is 292 g/mol. The molecule has 0 spiro atoms. The highest BCUT2D eigenvalue weighted by atomic mass is 16.5. The number of hydrogen-bond acceptors (Lipinski definition) is 4. The average Bonchev–Trinajstić information content (AvgIpc) is 3.36. The molecule has 1 saturated carbocycles. The number of ether oxygens (including phenoxy) is 2. The van der Waals surface area contributed by atoms with Crippen LogP contribution in [0.25, 0.3) is 0 Å². The molecule has 6 nitrogen and oxygen atoms in total. The molecular formula is C17H28N4O2. The summed E-state index contributed by atoms with van der Waals surface area (Å²) in [7, 11) is 1.70. The van der Waals surface area contributed by atoms with Gasteiger partial charge in [0.25, 0.3) is 0 Å². The molecule has 1 unspecified atom stereocenters. The Balaban J connectivity index is 1.90. The number of aromatic nitrogens is 1. The number of rotatable bonds is 9. The molecule has 2 N–H and O–H groups in total. The van der Waals surface area contributed by atoms with Gasteiger partial charge in [-0.15, -0.1) is 0 Å². The van der Waals surface area contributed by atoms with Crippen molar-refractivity contribution >= 4 is 5.96 Å². The van der Waals surface area contributed by atoms with Crippen molar-refractivity contribution in [2.45, 2.75) is 39.3 Å². The maximum Gasteiger partial charge on any atom is 0.213 e. The maximum absolute atomic E-state index is 5.71. The van der Waals surface area contributed by atoms with Gasteiger partial charge in [-0.05, 0) is 44.2 Å². The zero-order chi connectivity index (χ0) is 16.5. The lowest BCUT2D eigenvalue weighted by Crippen LogP contribution is -2.43. The van der Waals surface area contributed by atoms with Crippen LogP contribution in [0.5, 0.6) is 5.88 Å². The first-order chi connectivity index (χ1) is 11.2. The molecule has 1 aromatic rings. The smallest absolute Gasteiger partial charge is 0.213 e. The van der Waals surface area contributed by atoms with Crippen molar-refractivity contribution in [3.63, 3.8) is 0 Å². The predicted octanol–water partition coefficient (Wildman–Crippen LogP) is 1.96. The minimum Gasteiger partial charge on any atom is -0.477 e. The second-order valence-electron chi connectivity index (χ2n) is 5.95. The molecule has 1 aliphatic carbocycles. The number of guanidine groups is 1. The van der Waals surface area contributed by atoms with E-state index in [2.05, 4.69) is 34.5 Å². The molecule has 128 valence electrons. The van der Waals surface area contributed by atoms with E-state index in [0.29, 0.717) is 19.0 Å². The number of nitrogens with zero attached hydrogens (tertiary/aromatic N) is 2. The second kappa shape index (κ2) is 9.35. The van der Waals surface area contributed by atoms with Crippen LogP contribution in [0, 0.1) is 5.92 Å². The second-order valence-corrected chi connectivity index (χ2v) is 5.95. The Morgan fingerprint density at radius 3 is 3.00 bits per heavy atom. The highest BCUT2D eigenvalue weighted by Crippen LogP contribution is 2.29. The molecule has 0 radical (unpaired) electrons. The average molecular weight is 320 g/mol. The molecule has 1 aliphatic rings. The number of nitrogens with one attached hydrogen (secondary N) is 2. The monoisotopic (exact) mass is 320 g/mol. The minimum atomic E-state index is 0.202. The number of aliphatic imine (C=N–C) groups is 1. The fourth-order valence-electron chi connectivity index (χ4n) is 2.13. The first kappa shape index (κ1) is 17.5. The van der Waals surface area contributed by atoms with Gasteiger partial charge in [-0.2, -0.15) is 0 Å². The van der Waals surface area contributed by atoms with Gasteiger partial charge in [0.2, 0.25) is 5.88 Å². The van der Waals surface area contributed by atoms with E-state index in [1.54, 1.807) is 13.3 Å². The van der Waals surface area contributed by atoms with Gasteiger partial charge in [-0.1, -0.05) is 0 Å². The van der Waals surface area contributed by atoms with Gasteiger partial charge in [0, 0.05) is 32.0 Å². The molecule has 0 amide bonds. The highest BCUT2D eigenvalue weighted by Gasteiger charge is 2.22. The van der Waals surface area contributed by atoms with Crippen LogP contribution in [0.4, 0.5) is 0 Å². The molecule has 23 heavy (non-hydrogen) atoms. The van der Waals surface area contributed by atoms with Crippen LogP contribution < -0.4 is 15.4 Å². The van der Waals surface area contributed by atoms with Crippen molar-refractivity contribution in [3.05, 3.63) is 23.9 Å². The van der Waals surface area contributed by atoms with Gasteiger partial charge in [-0.3, -0.25) is 0 Å². The first-order valence-electron chi connectivity index (χ1n) is 8.32. The van der Waals surface area contributed by atoms with Crippen LogP contribution in [0.3, 0.4) is 0 Å². The Morgan fingerprint density at radius 2 is 2.30 bits per heavy atom. The largest absolute Gasteiger partial charge is 0.477 e. The lowest BCUT2D eigenvalue weighted by Gasteiger charge is -2.17. The van der Waals surface area contributed by atoms with E-state index in [1.807, 2.05) is 12.1 Å². The normalized spacial score (nSPS) is 16.0. The molecule has 2 rings (SSSR count). The lowest BCUT2D eigenvalue weighted by molar-refractivity contribution is 0.179. The SMILES string of the molecule is CCNC(=NCc1ccnc(OCC2CC2)c1)NC(C)COC. The summed E-state index contributed by atoms with van der Waals surface area (Å²) >= 11 is 0. The van der Waals surface area contributed by atoms with Crippen molar-refractivity contribution in [2.75, 3.05) is 26.9 Å². The summed E-state index contributed by atoms with van der Waals surface area (Å²) in [6.45, 7) is 6.92. The Morgan fingerprint density at radius 1 is 1.48 bits per heavy atom. The Bertz CT molecular complexity index is 503. The van der Waals surface area contributed by atoms with Gasteiger partial charge < -0.3 is 20.1 Å². The van der Waals surface area contributed by atoms with Crippen molar-refractivity contribution < 1.29 is 9.47 Å². The summed E-state index contributed by atoms with van der Waals surface area (Å²) in [5, 5.41) is 6.56. The summed E-state index contributed by atoms with van der Waals surface area (Å²) in [4.78, 5) is 8.87. The summed E-state index contributed by atoms with van der Waals surface area (Å²) in [6, 6.07) is 4.14. The Labute approximate surface area is 138 Å². The van der Waals surface area contributed by atoms with Gasteiger partial charge in [0.1, 0.15) is 0 Å². The molecule has 0 aliphatic heterocycles. The van der Waals surface area contributed by atoms with Gasteiger partial charge >= 0.3 is 0 Å². The minimum absolute atomic E-state index is 0.202. The third kappa shape index (κ3) is 6.86. The van der Waals surface area contributed by atoms with Crippen LogP contribution in [-0.4, -0.2) is 43.9 Å². The van der Waals surface area contributed by atoms with Crippen LogP contribution in [0.2, 0.25) is 0 Å². The molecule has 0 saturated heterocycles. The third-order valence-electron chi connectivity index (χ3n) is 3.53.